The number of piperazine rings is 1. The fourth-order valence-corrected chi connectivity index (χ4v) is 2.90. The molecule has 2 saturated heterocycles. The fraction of sp³-hybridized carbons (Fsp3) is 0.500. The van der Waals surface area contributed by atoms with Gasteiger partial charge in [0.15, 0.2) is 11.6 Å². The lowest BCUT2D eigenvalue weighted by Gasteiger charge is -2.36. The first kappa shape index (κ1) is 15.0. The molecule has 2 fully saturated rings. The van der Waals surface area contributed by atoms with Crippen LogP contribution in [0.1, 0.15) is 5.56 Å². The van der Waals surface area contributed by atoms with Crippen LogP contribution in [0.4, 0.5) is 18.0 Å². The molecule has 1 N–H and O–H groups in total. The first-order valence-electron chi connectivity index (χ1n) is 7.03. The van der Waals surface area contributed by atoms with Crippen LogP contribution >= 0.6 is 0 Å². The van der Waals surface area contributed by atoms with Crippen LogP contribution in [0, 0.1) is 5.82 Å². The zero-order valence-electron chi connectivity index (χ0n) is 11.8. The van der Waals surface area contributed by atoms with E-state index >= 15 is 0 Å². The van der Waals surface area contributed by atoms with E-state index in [1.807, 2.05) is 0 Å². The molecule has 2 heterocycles. The zero-order valence-corrected chi connectivity index (χ0v) is 11.8. The molecule has 0 saturated carbocycles. The minimum absolute atomic E-state index is 0.0378. The standard InChI is InChI=1S/C14H16F3N3O2/c15-11-5-9(1-2-12(11)22-13(16)17)7-19-3-4-20-10(8-19)6-18-14(20)21/h1-2,5,10,13H,3-4,6-8H2,(H,18,21). The second-order valence-corrected chi connectivity index (χ2v) is 5.41. The molecule has 0 spiro atoms. The summed E-state index contributed by atoms with van der Waals surface area (Å²) >= 11 is 0. The van der Waals surface area contributed by atoms with E-state index in [1.165, 1.54) is 12.1 Å². The van der Waals surface area contributed by atoms with Gasteiger partial charge in [-0.25, -0.2) is 9.18 Å². The van der Waals surface area contributed by atoms with Crippen molar-refractivity contribution < 1.29 is 22.7 Å². The lowest BCUT2D eigenvalue weighted by atomic mass is 10.1. The molecular formula is C14H16F3N3O2. The number of ether oxygens (including phenoxy) is 1. The van der Waals surface area contributed by atoms with E-state index in [2.05, 4.69) is 15.0 Å². The van der Waals surface area contributed by atoms with Gasteiger partial charge in [-0.05, 0) is 17.7 Å². The van der Waals surface area contributed by atoms with E-state index in [9.17, 15) is 18.0 Å². The molecule has 1 atom stereocenters. The normalized spacial score (nSPS) is 21.9. The van der Waals surface area contributed by atoms with Crippen LogP contribution in [0.5, 0.6) is 5.75 Å². The summed E-state index contributed by atoms with van der Waals surface area (Å²) < 4.78 is 42.0. The van der Waals surface area contributed by atoms with Crippen molar-refractivity contribution >= 4 is 6.03 Å². The molecule has 2 aliphatic heterocycles. The number of carbonyl (C=O) groups is 1. The predicted molar refractivity (Wildman–Crippen MR) is 72.2 cm³/mol. The number of benzene rings is 1. The third-order valence-corrected chi connectivity index (χ3v) is 3.94. The largest absolute Gasteiger partial charge is 0.432 e. The molecule has 0 aromatic heterocycles. The maximum atomic E-state index is 13.7. The average molecular weight is 315 g/mol. The van der Waals surface area contributed by atoms with Crippen LogP contribution in [-0.2, 0) is 6.54 Å². The maximum Gasteiger partial charge on any atom is 0.387 e. The Morgan fingerprint density at radius 1 is 1.36 bits per heavy atom. The molecule has 5 nitrogen and oxygen atoms in total. The smallest absolute Gasteiger partial charge is 0.387 e. The number of amides is 2. The molecule has 0 radical (unpaired) electrons. The van der Waals surface area contributed by atoms with Crippen molar-refractivity contribution in [2.45, 2.75) is 19.2 Å². The van der Waals surface area contributed by atoms with Gasteiger partial charge in [-0.3, -0.25) is 4.90 Å². The van der Waals surface area contributed by atoms with Gasteiger partial charge in [0.2, 0.25) is 0 Å². The van der Waals surface area contributed by atoms with Crippen molar-refractivity contribution in [2.24, 2.45) is 0 Å². The number of hydrogen-bond donors (Lipinski definition) is 1. The second-order valence-electron chi connectivity index (χ2n) is 5.41. The van der Waals surface area contributed by atoms with E-state index < -0.39 is 18.2 Å². The Hall–Kier alpha value is -1.96. The number of alkyl halides is 2. The van der Waals surface area contributed by atoms with Gasteiger partial charge in [-0.2, -0.15) is 8.78 Å². The summed E-state index contributed by atoms with van der Waals surface area (Å²) in [6, 6.07) is 4.10. The molecule has 1 unspecified atom stereocenters. The lowest BCUT2D eigenvalue weighted by molar-refractivity contribution is -0.0522. The molecule has 22 heavy (non-hydrogen) atoms. The SMILES string of the molecule is O=C1NCC2CN(Cc3ccc(OC(F)F)c(F)c3)CCN12. The molecule has 0 aliphatic carbocycles. The minimum Gasteiger partial charge on any atom is -0.432 e. The van der Waals surface area contributed by atoms with Gasteiger partial charge in [-0.15, -0.1) is 0 Å². The summed E-state index contributed by atoms with van der Waals surface area (Å²) in [6.45, 7) is 0.109. The van der Waals surface area contributed by atoms with Crippen molar-refractivity contribution in [1.29, 1.82) is 0 Å². The van der Waals surface area contributed by atoms with Crippen LogP contribution in [0.3, 0.4) is 0 Å². The highest BCUT2D eigenvalue weighted by molar-refractivity contribution is 5.77. The summed E-state index contributed by atoms with van der Waals surface area (Å²) in [5.74, 6) is -1.25. The number of rotatable bonds is 4. The van der Waals surface area contributed by atoms with Gasteiger partial charge in [0.05, 0.1) is 6.04 Å². The number of hydrogen-bond acceptors (Lipinski definition) is 3. The maximum absolute atomic E-state index is 13.7. The molecule has 1 aromatic rings. The quantitative estimate of drug-likeness (QED) is 0.919. The van der Waals surface area contributed by atoms with E-state index in [0.29, 0.717) is 38.3 Å². The molecule has 1 aromatic carbocycles. The average Bonchev–Trinajstić information content (AvgIpc) is 2.83. The van der Waals surface area contributed by atoms with Gasteiger partial charge >= 0.3 is 12.6 Å². The Morgan fingerprint density at radius 2 is 2.18 bits per heavy atom. The third kappa shape index (κ3) is 3.11. The minimum atomic E-state index is -3.04. The van der Waals surface area contributed by atoms with E-state index in [0.717, 1.165) is 0 Å². The highest BCUT2D eigenvalue weighted by Crippen LogP contribution is 2.22. The highest BCUT2D eigenvalue weighted by Gasteiger charge is 2.35. The molecule has 8 heteroatoms. The lowest BCUT2D eigenvalue weighted by Crippen LogP contribution is -2.51. The zero-order chi connectivity index (χ0) is 15.7. The number of carbonyl (C=O) groups excluding carboxylic acids is 1. The van der Waals surface area contributed by atoms with Crippen LogP contribution in [0.2, 0.25) is 0 Å². The van der Waals surface area contributed by atoms with Gasteiger partial charge < -0.3 is 15.0 Å². The fourth-order valence-electron chi connectivity index (χ4n) is 2.90. The monoisotopic (exact) mass is 315 g/mol. The molecule has 0 bridgehead atoms. The van der Waals surface area contributed by atoms with Crippen LogP contribution in [0.25, 0.3) is 0 Å². The number of nitrogens with one attached hydrogen (secondary N) is 1. The Bertz CT molecular complexity index is 570. The number of fused-ring (bicyclic) bond motifs is 1. The summed E-state index contributed by atoms with van der Waals surface area (Å²) in [6.07, 6.45) is 0. The van der Waals surface area contributed by atoms with E-state index in [1.54, 1.807) is 11.0 Å². The van der Waals surface area contributed by atoms with Crippen molar-refractivity contribution in [3.63, 3.8) is 0 Å². The summed E-state index contributed by atoms with van der Waals surface area (Å²) in [5.41, 5.74) is 0.685. The van der Waals surface area contributed by atoms with E-state index in [-0.39, 0.29) is 12.1 Å². The second kappa shape index (κ2) is 6.04. The van der Waals surface area contributed by atoms with Crippen LogP contribution < -0.4 is 10.1 Å². The molecule has 2 amide bonds. The van der Waals surface area contributed by atoms with Gasteiger partial charge in [0.25, 0.3) is 0 Å². The highest BCUT2D eigenvalue weighted by atomic mass is 19.3. The number of nitrogens with zero attached hydrogens (tertiary/aromatic N) is 2. The first-order chi connectivity index (χ1) is 10.5. The van der Waals surface area contributed by atoms with Gasteiger partial charge in [0.1, 0.15) is 0 Å². The van der Waals surface area contributed by atoms with Gasteiger partial charge in [-0.1, -0.05) is 6.07 Å². The topological polar surface area (TPSA) is 44.8 Å². The molecule has 2 aliphatic rings. The summed E-state index contributed by atoms with van der Waals surface area (Å²) in [4.78, 5) is 15.4. The molecular weight excluding hydrogens is 299 g/mol. The summed E-state index contributed by atoms with van der Waals surface area (Å²) in [7, 11) is 0. The van der Waals surface area contributed by atoms with Crippen molar-refractivity contribution in [2.75, 3.05) is 26.2 Å². The first-order valence-corrected chi connectivity index (χ1v) is 7.03. The third-order valence-electron chi connectivity index (χ3n) is 3.94. The molecule has 120 valence electrons. The van der Waals surface area contributed by atoms with Crippen LogP contribution in [0.15, 0.2) is 18.2 Å². The predicted octanol–water partition coefficient (Wildman–Crippen LogP) is 1.64. The number of halogens is 3. The van der Waals surface area contributed by atoms with Crippen molar-refractivity contribution in [1.82, 2.24) is 15.1 Å². The van der Waals surface area contributed by atoms with E-state index in [4.69, 9.17) is 0 Å². The Labute approximate surface area is 125 Å². The molecule has 3 rings (SSSR count). The van der Waals surface area contributed by atoms with Crippen molar-refractivity contribution in [3.8, 4) is 5.75 Å². The summed E-state index contributed by atoms with van der Waals surface area (Å²) in [5, 5.41) is 2.79. The van der Waals surface area contributed by atoms with Crippen LogP contribution in [-0.4, -0.2) is 54.7 Å². The Kier molecular flexibility index (Phi) is 4.10. The van der Waals surface area contributed by atoms with Gasteiger partial charge in [0, 0.05) is 32.7 Å². The Balaban J connectivity index is 1.62. The van der Waals surface area contributed by atoms with Crippen molar-refractivity contribution in [3.05, 3.63) is 29.6 Å². The number of urea groups is 1. The Morgan fingerprint density at radius 3 is 2.91 bits per heavy atom.